The quantitative estimate of drug-likeness (QED) is 0.289. The number of allylic oxidation sites excluding steroid dienone is 1. The van der Waals surface area contributed by atoms with Crippen LogP contribution in [0.25, 0.3) is 5.57 Å². The molecule has 3 heterocycles. The summed E-state index contributed by atoms with van der Waals surface area (Å²) in [6, 6.07) is 27.6. The zero-order valence-corrected chi connectivity index (χ0v) is 24.0. The van der Waals surface area contributed by atoms with E-state index in [1.54, 1.807) is 62.8 Å². The Hall–Kier alpha value is -5.17. The maximum absolute atomic E-state index is 14.9. The van der Waals surface area contributed by atoms with Crippen molar-refractivity contribution in [3.63, 3.8) is 0 Å². The highest BCUT2D eigenvalue weighted by molar-refractivity contribution is 6.18. The normalized spacial score (nSPS) is 23.1. The lowest BCUT2D eigenvalue weighted by atomic mass is 9.64. The molecule has 4 aromatic carbocycles. The van der Waals surface area contributed by atoms with Crippen LogP contribution < -0.4 is 19.7 Å². The summed E-state index contributed by atoms with van der Waals surface area (Å²) in [7, 11) is 3.14. The van der Waals surface area contributed by atoms with E-state index in [9.17, 15) is 14.4 Å². The molecule has 1 spiro atoms. The Morgan fingerprint density at radius 2 is 1.35 bits per heavy atom. The summed E-state index contributed by atoms with van der Waals surface area (Å²) in [5.41, 5.74) is 3.62. The fourth-order valence-electron chi connectivity index (χ4n) is 7.25. The van der Waals surface area contributed by atoms with Gasteiger partial charge in [-0.25, -0.2) is 0 Å². The summed E-state index contributed by atoms with van der Waals surface area (Å²) >= 11 is 0. The molecule has 1 N–H and O–H groups in total. The standard InChI is InChI=1S/C36H30N2O5/c1-21-20-30-36(27-9-5-6-10-28(27)37-35(36)41)31(33(39)22-12-16-24(42-2)17-13-22)32(38(30)29-11-7-4-8-26(21)29)34(40)23-14-18-25(43-3)19-15-23/h4-20,30-32H,1-3H3,(H,37,41)/t30-,31+,32+,36-/m1/s1. The van der Waals surface area contributed by atoms with E-state index in [1.807, 2.05) is 60.4 Å². The van der Waals surface area contributed by atoms with E-state index in [0.29, 0.717) is 28.3 Å². The lowest BCUT2D eigenvalue weighted by Crippen LogP contribution is -2.51. The van der Waals surface area contributed by atoms with Crippen LogP contribution in [0.3, 0.4) is 0 Å². The van der Waals surface area contributed by atoms with Gasteiger partial charge in [-0.15, -0.1) is 0 Å². The molecular weight excluding hydrogens is 540 g/mol. The maximum atomic E-state index is 14.9. The predicted octanol–water partition coefficient (Wildman–Crippen LogP) is 5.95. The third-order valence-corrected chi connectivity index (χ3v) is 9.18. The first-order chi connectivity index (χ1) is 20.9. The van der Waals surface area contributed by atoms with Crippen LogP contribution in [0.15, 0.2) is 103 Å². The SMILES string of the molecule is COc1ccc(C(=O)[C@@H]2[C@@H](C(=O)c3ccc(OC)cc3)[C@]3(C(=O)Nc4ccccc43)[C@H]3C=C(C)c4ccccc4N23)cc1. The third kappa shape index (κ3) is 3.77. The summed E-state index contributed by atoms with van der Waals surface area (Å²) in [6.45, 7) is 2.02. The van der Waals surface area contributed by atoms with Gasteiger partial charge in [0.1, 0.15) is 23.0 Å². The van der Waals surface area contributed by atoms with Gasteiger partial charge in [0.25, 0.3) is 0 Å². The van der Waals surface area contributed by atoms with Crippen molar-refractivity contribution in [2.75, 3.05) is 24.4 Å². The summed E-state index contributed by atoms with van der Waals surface area (Å²) in [5.74, 6) is -0.620. The highest BCUT2D eigenvalue weighted by atomic mass is 16.5. The van der Waals surface area contributed by atoms with E-state index in [0.717, 1.165) is 22.4 Å². The Labute approximate surface area is 249 Å². The fraction of sp³-hybridized carbons (Fsp3) is 0.194. The van der Waals surface area contributed by atoms with Gasteiger partial charge in [-0.1, -0.05) is 42.5 Å². The number of rotatable bonds is 6. The Kier molecular flexibility index (Phi) is 6.20. The van der Waals surface area contributed by atoms with Crippen molar-refractivity contribution < 1.29 is 23.9 Å². The molecule has 1 saturated heterocycles. The Balaban J connectivity index is 1.52. The number of ether oxygens (including phenoxy) is 2. The van der Waals surface area contributed by atoms with Gasteiger partial charge in [0.05, 0.1) is 26.2 Å². The van der Waals surface area contributed by atoms with E-state index in [4.69, 9.17) is 9.47 Å². The number of benzene rings is 4. The molecule has 7 nitrogen and oxygen atoms in total. The van der Waals surface area contributed by atoms with E-state index in [-0.39, 0.29) is 17.5 Å². The second kappa shape index (κ2) is 9.98. The average Bonchev–Trinajstić information content (AvgIpc) is 3.52. The zero-order chi connectivity index (χ0) is 29.9. The molecule has 0 saturated carbocycles. The number of nitrogens with zero attached hydrogens (tertiary/aromatic N) is 1. The third-order valence-electron chi connectivity index (χ3n) is 9.18. The van der Waals surface area contributed by atoms with Crippen LogP contribution >= 0.6 is 0 Å². The molecular formula is C36H30N2O5. The number of Topliss-reactive ketones (excluding diaryl/α,β-unsaturated/α-hetero) is 2. The number of hydrogen-bond acceptors (Lipinski definition) is 6. The highest BCUT2D eigenvalue weighted by Crippen LogP contribution is 2.58. The van der Waals surface area contributed by atoms with Crippen LogP contribution in [0.2, 0.25) is 0 Å². The number of hydrogen-bond donors (Lipinski definition) is 1. The molecule has 43 heavy (non-hydrogen) atoms. The average molecular weight is 571 g/mol. The molecule has 3 aliphatic rings. The second-order valence-corrected chi connectivity index (χ2v) is 11.2. The molecule has 0 bridgehead atoms. The van der Waals surface area contributed by atoms with E-state index >= 15 is 0 Å². The number of ketones is 2. The van der Waals surface area contributed by atoms with E-state index in [2.05, 4.69) is 11.4 Å². The van der Waals surface area contributed by atoms with Crippen molar-refractivity contribution in [1.82, 2.24) is 0 Å². The van der Waals surface area contributed by atoms with Crippen LogP contribution in [0.5, 0.6) is 11.5 Å². The predicted molar refractivity (Wildman–Crippen MR) is 165 cm³/mol. The van der Waals surface area contributed by atoms with Crippen molar-refractivity contribution >= 4 is 34.4 Å². The first kappa shape index (κ1) is 26.7. The summed E-state index contributed by atoms with van der Waals surface area (Å²) in [6.07, 6.45) is 2.06. The van der Waals surface area contributed by atoms with Crippen LogP contribution in [-0.2, 0) is 10.2 Å². The summed E-state index contributed by atoms with van der Waals surface area (Å²) < 4.78 is 10.7. The Bertz CT molecular complexity index is 1810. The molecule has 4 aromatic rings. The first-order valence-corrected chi connectivity index (χ1v) is 14.2. The van der Waals surface area contributed by atoms with Gasteiger partial charge in [-0.05, 0) is 78.7 Å². The number of methoxy groups -OCH3 is 2. The second-order valence-electron chi connectivity index (χ2n) is 11.2. The summed E-state index contributed by atoms with van der Waals surface area (Å²) in [5, 5.41) is 3.08. The van der Waals surface area contributed by atoms with Crippen LogP contribution in [-0.4, -0.2) is 43.8 Å². The largest absolute Gasteiger partial charge is 0.497 e. The van der Waals surface area contributed by atoms with Gasteiger partial charge >= 0.3 is 0 Å². The van der Waals surface area contributed by atoms with Crippen molar-refractivity contribution in [2.45, 2.75) is 24.4 Å². The lowest BCUT2D eigenvalue weighted by molar-refractivity contribution is -0.121. The topological polar surface area (TPSA) is 84.9 Å². The van der Waals surface area contributed by atoms with Gasteiger partial charge in [-0.2, -0.15) is 0 Å². The fourth-order valence-corrected chi connectivity index (χ4v) is 7.25. The lowest BCUT2D eigenvalue weighted by Gasteiger charge is -2.39. The molecule has 3 aliphatic heterocycles. The van der Waals surface area contributed by atoms with Gasteiger partial charge in [0, 0.05) is 28.1 Å². The molecule has 0 aliphatic carbocycles. The van der Waals surface area contributed by atoms with Gasteiger partial charge in [0.15, 0.2) is 11.6 Å². The van der Waals surface area contributed by atoms with Crippen molar-refractivity contribution in [1.29, 1.82) is 0 Å². The zero-order valence-electron chi connectivity index (χ0n) is 24.0. The molecule has 7 rings (SSSR count). The summed E-state index contributed by atoms with van der Waals surface area (Å²) in [4.78, 5) is 46.2. The van der Waals surface area contributed by atoms with Crippen LogP contribution in [0.4, 0.5) is 11.4 Å². The molecule has 4 atom stereocenters. The van der Waals surface area contributed by atoms with E-state index < -0.39 is 23.4 Å². The number of carbonyl (C=O) groups is 3. The van der Waals surface area contributed by atoms with Crippen molar-refractivity contribution in [2.24, 2.45) is 5.92 Å². The minimum atomic E-state index is -1.37. The number of carbonyl (C=O) groups excluding carboxylic acids is 3. The smallest absolute Gasteiger partial charge is 0.238 e. The van der Waals surface area contributed by atoms with Gasteiger partial charge in [-0.3, -0.25) is 14.4 Å². The minimum absolute atomic E-state index is 0.240. The Morgan fingerprint density at radius 3 is 2.00 bits per heavy atom. The van der Waals surface area contributed by atoms with Gasteiger partial charge < -0.3 is 19.7 Å². The number of para-hydroxylation sites is 2. The molecule has 0 aromatic heterocycles. The number of amides is 1. The maximum Gasteiger partial charge on any atom is 0.238 e. The number of fused-ring (bicyclic) bond motifs is 6. The molecule has 0 radical (unpaired) electrons. The van der Waals surface area contributed by atoms with Crippen molar-refractivity contribution in [3.8, 4) is 11.5 Å². The molecule has 214 valence electrons. The molecule has 0 unspecified atom stereocenters. The van der Waals surface area contributed by atoms with Crippen LogP contribution in [0.1, 0.15) is 38.8 Å². The van der Waals surface area contributed by atoms with Crippen LogP contribution in [0, 0.1) is 5.92 Å². The number of anilines is 2. The molecule has 1 amide bonds. The number of nitrogens with one attached hydrogen (secondary N) is 1. The monoisotopic (exact) mass is 570 g/mol. The molecule has 1 fully saturated rings. The first-order valence-electron chi connectivity index (χ1n) is 14.2. The van der Waals surface area contributed by atoms with Gasteiger partial charge in [0.2, 0.25) is 5.91 Å². The van der Waals surface area contributed by atoms with Crippen molar-refractivity contribution in [3.05, 3.63) is 125 Å². The Morgan fingerprint density at radius 1 is 0.767 bits per heavy atom. The van der Waals surface area contributed by atoms with E-state index in [1.165, 1.54) is 0 Å². The minimum Gasteiger partial charge on any atom is -0.497 e. The molecule has 7 heteroatoms. The highest BCUT2D eigenvalue weighted by Gasteiger charge is 2.70.